The Kier molecular flexibility index (Phi) is 10.3. The fraction of sp³-hybridized carbons (Fsp3) is 0.739. The van der Waals surface area contributed by atoms with Crippen molar-refractivity contribution in [3.63, 3.8) is 0 Å². The molecule has 3 aliphatic heterocycles. The van der Waals surface area contributed by atoms with Crippen molar-refractivity contribution in [2.24, 2.45) is 11.5 Å². The van der Waals surface area contributed by atoms with Crippen LogP contribution in [0.2, 0.25) is 0 Å². The van der Waals surface area contributed by atoms with Gasteiger partial charge in [0.2, 0.25) is 28.7 Å². The van der Waals surface area contributed by atoms with Crippen LogP contribution >= 0.6 is 11.8 Å². The maximum atomic E-state index is 13.4. The van der Waals surface area contributed by atoms with Crippen molar-refractivity contribution in [2.75, 3.05) is 25.4 Å². The van der Waals surface area contributed by atoms with E-state index >= 15 is 0 Å². The zero-order valence-corrected chi connectivity index (χ0v) is 21.5. The number of nitrogens with two attached hydrogens (primary N) is 2. The number of aliphatic carboxylic acids is 1. The summed E-state index contributed by atoms with van der Waals surface area (Å²) >= 11 is 0.916. The Hall–Kier alpha value is -2.71. The number of carboxylic acids is 1. The maximum Gasteiger partial charge on any atom is 0.305 e. The summed E-state index contributed by atoms with van der Waals surface area (Å²) in [5, 5.41) is 13.9. The number of nitrogens with zero attached hydrogens (tertiary/aromatic N) is 2. The lowest BCUT2D eigenvalue weighted by molar-refractivity contribution is -0.146. The van der Waals surface area contributed by atoms with E-state index in [1.807, 2.05) is 0 Å². The smallest absolute Gasteiger partial charge is 0.305 e. The number of carbonyl (C=O) groups excluding carboxylic acids is 5. The SMILES string of the molecule is NCCCC[C@H](NC(=O)[C@@H](N)CC(=O)O)C(=O)N1CCC[C@H]1C(=O)SC[C@@H]1NC(=O)[C@@H]2CCCN2C1=O. The molecule has 37 heavy (non-hydrogen) atoms. The van der Waals surface area contributed by atoms with Crippen LogP contribution in [0.25, 0.3) is 0 Å². The second kappa shape index (κ2) is 13.2. The highest BCUT2D eigenvalue weighted by Crippen LogP contribution is 2.27. The van der Waals surface area contributed by atoms with Gasteiger partial charge in [0.1, 0.15) is 24.2 Å². The minimum Gasteiger partial charge on any atom is -0.481 e. The van der Waals surface area contributed by atoms with Gasteiger partial charge < -0.3 is 37.0 Å². The van der Waals surface area contributed by atoms with Crippen LogP contribution in [0.3, 0.4) is 0 Å². The molecule has 0 radical (unpaired) electrons. The normalized spacial score (nSPS) is 24.9. The van der Waals surface area contributed by atoms with Crippen molar-refractivity contribution in [3.8, 4) is 0 Å². The number of unbranched alkanes of at least 4 members (excludes halogenated alkanes) is 1. The molecule has 5 atom stereocenters. The zero-order chi connectivity index (χ0) is 27.1. The summed E-state index contributed by atoms with van der Waals surface area (Å²) in [4.78, 5) is 77.9. The second-order valence-electron chi connectivity index (χ2n) is 9.62. The molecule has 3 saturated heterocycles. The first kappa shape index (κ1) is 28.9. The average molecular weight is 541 g/mol. The standard InChI is InChI=1S/C23H36N6O7S/c24-8-2-1-5-14(26-19(32)13(25)11-18(30)31)21(34)29-10-4-7-17(29)23(36)37-12-15-22(35)28-9-3-6-16(28)20(33)27-15/h13-17H,1-12,24-25H2,(H,26,32)(H,27,33)(H,30,31)/t13-,14-,15-,16-,17-/m0/s1. The minimum absolute atomic E-state index is 0.0753. The summed E-state index contributed by atoms with van der Waals surface area (Å²) in [7, 11) is 0. The first-order chi connectivity index (χ1) is 17.6. The van der Waals surface area contributed by atoms with Crippen LogP contribution < -0.4 is 22.1 Å². The number of hydrogen-bond donors (Lipinski definition) is 5. The van der Waals surface area contributed by atoms with Crippen molar-refractivity contribution in [1.29, 1.82) is 0 Å². The van der Waals surface area contributed by atoms with Gasteiger partial charge in [-0.15, -0.1) is 0 Å². The Morgan fingerprint density at radius 2 is 1.86 bits per heavy atom. The molecule has 3 heterocycles. The van der Waals surface area contributed by atoms with Crippen molar-refractivity contribution in [3.05, 3.63) is 0 Å². The Morgan fingerprint density at radius 3 is 2.57 bits per heavy atom. The molecule has 0 unspecified atom stereocenters. The summed E-state index contributed by atoms with van der Waals surface area (Å²) in [6.45, 7) is 1.27. The molecule has 7 N–H and O–H groups in total. The van der Waals surface area contributed by atoms with Crippen LogP contribution in [0.5, 0.6) is 0 Å². The summed E-state index contributed by atoms with van der Waals surface area (Å²) < 4.78 is 0. The minimum atomic E-state index is -1.31. The molecule has 14 heteroatoms. The summed E-state index contributed by atoms with van der Waals surface area (Å²) in [6, 6.07) is -4.23. The maximum absolute atomic E-state index is 13.4. The fourth-order valence-corrected chi connectivity index (χ4v) is 5.99. The quantitative estimate of drug-likeness (QED) is 0.175. The summed E-state index contributed by atoms with van der Waals surface area (Å²) in [5.74, 6) is -2.75. The molecule has 206 valence electrons. The molecule has 4 amide bonds. The average Bonchev–Trinajstić information content (AvgIpc) is 3.54. The number of amides is 4. The monoisotopic (exact) mass is 540 g/mol. The largest absolute Gasteiger partial charge is 0.481 e. The lowest BCUT2D eigenvalue weighted by Gasteiger charge is -2.34. The van der Waals surface area contributed by atoms with Gasteiger partial charge in [0.05, 0.1) is 12.5 Å². The first-order valence-corrected chi connectivity index (χ1v) is 13.7. The van der Waals surface area contributed by atoms with Gasteiger partial charge in [-0.05, 0) is 51.5 Å². The molecule has 3 rings (SSSR count). The predicted molar refractivity (Wildman–Crippen MR) is 134 cm³/mol. The van der Waals surface area contributed by atoms with Crippen molar-refractivity contribution >= 4 is 46.5 Å². The lowest BCUT2D eigenvalue weighted by Crippen LogP contribution is -2.62. The van der Waals surface area contributed by atoms with Crippen LogP contribution in [0.4, 0.5) is 0 Å². The molecule has 3 aliphatic rings. The highest BCUT2D eigenvalue weighted by atomic mass is 32.2. The van der Waals surface area contributed by atoms with Gasteiger partial charge in [0.15, 0.2) is 0 Å². The van der Waals surface area contributed by atoms with Crippen LogP contribution in [-0.4, -0.2) is 105 Å². The van der Waals surface area contributed by atoms with Gasteiger partial charge in [-0.2, -0.15) is 0 Å². The van der Waals surface area contributed by atoms with Crippen LogP contribution in [0.1, 0.15) is 51.4 Å². The number of nitrogens with one attached hydrogen (secondary N) is 2. The number of rotatable bonds is 12. The van der Waals surface area contributed by atoms with Gasteiger partial charge >= 0.3 is 5.97 Å². The van der Waals surface area contributed by atoms with E-state index in [-0.39, 0.29) is 29.1 Å². The molecule has 13 nitrogen and oxygen atoms in total. The fourth-order valence-electron chi connectivity index (χ4n) is 4.99. The van der Waals surface area contributed by atoms with E-state index in [2.05, 4.69) is 10.6 Å². The molecule has 0 aromatic rings. The number of hydrogen-bond acceptors (Lipinski definition) is 9. The highest BCUT2D eigenvalue weighted by Gasteiger charge is 2.44. The molecule has 3 fully saturated rings. The molecule has 0 aliphatic carbocycles. The second-order valence-corrected chi connectivity index (χ2v) is 10.6. The molecule has 0 aromatic carbocycles. The number of likely N-dealkylation sites (tertiary alicyclic amines) is 1. The topological polar surface area (TPSA) is 205 Å². The van der Waals surface area contributed by atoms with Crippen molar-refractivity contribution < 1.29 is 33.9 Å². The highest BCUT2D eigenvalue weighted by molar-refractivity contribution is 8.13. The number of thioether (sulfide) groups is 1. The molecular formula is C23H36N6O7S. The van der Waals surface area contributed by atoms with Crippen LogP contribution in [-0.2, 0) is 28.8 Å². The van der Waals surface area contributed by atoms with E-state index in [1.54, 1.807) is 4.90 Å². The van der Waals surface area contributed by atoms with Gasteiger partial charge in [0.25, 0.3) is 0 Å². The predicted octanol–water partition coefficient (Wildman–Crippen LogP) is -1.86. The van der Waals surface area contributed by atoms with Gasteiger partial charge in [-0.3, -0.25) is 28.8 Å². The molecule has 0 spiro atoms. The third-order valence-corrected chi connectivity index (χ3v) is 8.00. The zero-order valence-electron chi connectivity index (χ0n) is 20.7. The van der Waals surface area contributed by atoms with E-state index in [4.69, 9.17) is 16.6 Å². The Bertz CT molecular complexity index is 918. The number of carboxylic acid groups (broad SMARTS) is 1. The van der Waals surface area contributed by atoms with Gasteiger partial charge in [-0.1, -0.05) is 11.8 Å². The summed E-state index contributed by atoms with van der Waals surface area (Å²) in [5.41, 5.74) is 11.2. The Labute approximate surface area is 219 Å². The summed E-state index contributed by atoms with van der Waals surface area (Å²) in [6.07, 6.45) is 3.31. The first-order valence-electron chi connectivity index (χ1n) is 12.7. The van der Waals surface area contributed by atoms with Gasteiger partial charge in [0, 0.05) is 18.8 Å². The third-order valence-electron chi connectivity index (χ3n) is 6.95. The Morgan fingerprint density at radius 1 is 1.14 bits per heavy atom. The molecule has 0 aromatic heterocycles. The number of piperazine rings is 1. The van der Waals surface area contributed by atoms with E-state index in [1.165, 1.54) is 4.90 Å². The third kappa shape index (κ3) is 7.20. The van der Waals surface area contributed by atoms with Gasteiger partial charge in [-0.25, -0.2) is 0 Å². The van der Waals surface area contributed by atoms with E-state index < -0.39 is 54.4 Å². The van der Waals surface area contributed by atoms with E-state index in [0.29, 0.717) is 51.7 Å². The Balaban J connectivity index is 1.61. The molecular weight excluding hydrogens is 504 g/mol. The lowest BCUT2D eigenvalue weighted by atomic mass is 10.1. The number of carbonyl (C=O) groups is 6. The van der Waals surface area contributed by atoms with Crippen molar-refractivity contribution in [1.82, 2.24) is 20.4 Å². The number of fused-ring (bicyclic) bond motifs is 1. The van der Waals surface area contributed by atoms with Crippen LogP contribution in [0.15, 0.2) is 0 Å². The molecule has 0 saturated carbocycles. The van der Waals surface area contributed by atoms with Crippen LogP contribution in [0, 0.1) is 0 Å². The molecule has 0 bridgehead atoms. The van der Waals surface area contributed by atoms with E-state index in [9.17, 15) is 28.8 Å². The van der Waals surface area contributed by atoms with Crippen molar-refractivity contribution in [2.45, 2.75) is 81.6 Å². The van der Waals surface area contributed by atoms with E-state index in [0.717, 1.165) is 18.2 Å².